The van der Waals surface area contributed by atoms with Crippen LogP contribution >= 0.6 is 34.8 Å². The Kier molecular flexibility index (Phi) is 4.32. The molecule has 0 bridgehead atoms. The molecule has 104 valence electrons. The zero-order valence-corrected chi connectivity index (χ0v) is 12.5. The Labute approximate surface area is 130 Å². The summed E-state index contributed by atoms with van der Waals surface area (Å²) in [5.74, 6) is -0.362. The molecule has 8 heteroatoms. The molecule has 5 nitrogen and oxygen atoms in total. The summed E-state index contributed by atoms with van der Waals surface area (Å²) in [5.41, 5.74) is 6.71. The lowest BCUT2D eigenvalue weighted by Crippen LogP contribution is -2.15. The van der Waals surface area contributed by atoms with E-state index in [1.807, 2.05) is 0 Å². The van der Waals surface area contributed by atoms with Gasteiger partial charge in [-0.05, 0) is 25.1 Å². The quantitative estimate of drug-likeness (QED) is 0.651. The number of nitrogens with zero attached hydrogens (tertiary/aromatic N) is 2. The van der Waals surface area contributed by atoms with Crippen LogP contribution in [0.1, 0.15) is 16.1 Å². The van der Waals surface area contributed by atoms with Crippen LogP contribution in [-0.2, 0) is 0 Å². The van der Waals surface area contributed by atoms with Crippen molar-refractivity contribution in [2.24, 2.45) is 0 Å². The van der Waals surface area contributed by atoms with Gasteiger partial charge in [0.15, 0.2) is 0 Å². The normalized spacial score (nSPS) is 10.4. The minimum atomic E-state index is -0.463. The fourth-order valence-corrected chi connectivity index (χ4v) is 2.20. The molecule has 0 atom stereocenters. The maximum absolute atomic E-state index is 12.1. The van der Waals surface area contributed by atoms with E-state index in [9.17, 15) is 4.79 Å². The summed E-state index contributed by atoms with van der Waals surface area (Å²) in [6, 6.07) is 4.40. The maximum Gasteiger partial charge on any atom is 0.258 e. The average Bonchev–Trinajstić information content (AvgIpc) is 2.33. The minimum Gasteiger partial charge on any atom is -0.396 e. The van der Waals surface area contributed by atoms with Crippen LogP contribution in [0.2, 0.25) is 15.2 Å². The lowest BCUT2D eigenvalue weighted by atomic mass is 10.2. The van der Waals surface area contributed by atoms with Crippen LogP contribution in [0.25, 0.3) is 0 Å². The molecule has 1 aromatic heterocycles. The molecule has 0 aliphatic heterocycles. The van der Waals surface area contributed by atoms with E-state index < -0.39 is 5.91 Å². The number of nitrogens with two attached hydrogens (primary N) is 1. The molecule has 0 fully saturated rings. The number of carbonyl (C=O) groups excluding carboxylic acids is 1. The average molecular weight is 332 g/mol. The van der Waals surface area contributed by atoms with Crippen LogP contribution in [0.15, 0.2) is 18.2 Å². The minimum absolute atomic E-state index is 0.101. The zero-order valence-electron chi connectivity index (χ0n) is 10.2. The van der Waals surface area contributed by atoms with E-state index in [-0.39, 0.29) is 32.4 Å². The highest BCUT2D eigenvalue weighted by Crippen LogP contribution is 2.29. The van der Waals surface area contributed by atoms with Crippen molar-refractivity contribution < 1.29 is 4.79 Å². The van der Waals surface area contributed by atoms with Gasteiger partial charge in [-0.3, -0.25) is 10.1 Å². The molecule has 0 unspecified atom stereocenters. The lowest BCUT2D eigenvalue weighted by Gasteiger charge is -2.07. The van der Waals surface area contributed by atoms with Crippen LogP contribution < -0.4 is 11.1 Å². The summed E-state index contributed by atoms with van der Waals surface area (Å²) < 4.78 is 0. The summed E-state index contributed by atoms with van der Waals surface area (Å²) in [7, 11) is 0. The van der Waals surface area contributed by atoms with E-state index in [2.05, 4.69) is 15.3 Å². The molecule has 0 aliphatic rings. The number of amides is 1. The molecule has 0 radical (unpaired) electrons. The first kappa shape index (κ1) is 14.8. The lowest BCUT2D eigenvalue weighted by molar-refractivity contribution is 0.102. The van der Waals surface area contributed by atoms with Gasteiger partial charge in [0, 0.05) is 11.3 Å². The van der Waals surface area contributed by atoms with Gasteiger partial charge in [-0.15, -0.1) is 0 Å². The molecular formula is C12H9Cl3N4O. The number of halogens is 3. The predicted octanol–water partition coefficient (Wildman–Crippen LogP) is 3.58. The number of benzene rings is 1. The Morgan fingerprint density at radius 3 is 2.30 bits per heavy atom. The Morgan fingerprint density at radius 2 is 1.75 bits per heavy atom. The van der Waals surface area contributed by atoms with Crippen molar-refractivity contribution in [3.05, 3.63) is 44.7 Å². The third-order valence-electron chi connectivity index (χ3n) is 2.39. The van der Waals surface area contributed by atoms with E-state index in [0.29, 0.717) is 5.69 Å². The van der Waals surface area contributed by atoms with Gasteiger partial charge in [0.25, 0.3) is 5.91 Å². The van der Waals surface area contributed by atoms with Gasteiger partial charge in [0.1, 0.15) is 5.15 Å². The number of hydrogen-bond acceptors (Lipinski definition) is 4. The predicted molar refractivity (Wildman–Crippen MR) is 80.6 cm³/mol. The van der Waals surface area contributed by atoms with E-state index in [4.69, 9.17) is 40.5 Å². The number of nitrogens with one attached hydrogen (secondary N) is 1. The Morgan fingerprint density at radius 1 is 1.15 bits per heavy atom. The second kappa shape index (κ2) is 5.83. The summed E-state index contributed by atoms with van der Waals surface area (Å²) in [5, 5.41) is 3.15. The number of aromatic nitrogens is 2. The van der Waals surface area contributed by atoms with Gasteiger partial charge >= 0.3 is 0 Å². The van der Waals surface area contributed by atoms with E-state index in [0.717, 1.165) is 0 Å². The van der Waals surface area contributed by atoms with Gasteiger partial charge < -0.3 is 5.73 Å². The van der Waals surface area contributed by atoms with Crippen LogP contribution in [-0.4, -0.2) is 15.9 Å². The van der Waals surface area contributed by atoms with Crippen molar-refractivity contribution in [1.29, 1.82) is 0 Å². The second-order valence-corrected chi connectivity index (χ2v) is 5.16. The number of hydrogen-bond donors (Lipinski definition) is 2. The van der Waals surface area contributed by atoms with Crippen LogP contribution in [0.3, 0.4) is 0 Å². The van der Waals surface area contributed by atoms with Crippen molar-refractivity contribution in [1.82, 2.24) is 9.97 Å². The molecule has 2 aromatic rings. The van der Waals surface area contributed by atoms with E-state index in [1.165, 1.54) is 12.1 Å². The highest BCUT2D eigenvalue weighted by atomic mass is 35.5. The first-order valence-electron chi connectivity index (χ1n) is 5.44. The highest BCUT2D eigenvalue weighted by Gasteiger charge is 2.13. The molecule has 0 saturated carbocycles. The number of rotatable bonds is 2. The van der Waals surface area contributed by atoms with Gasteiger partial charge in [0.05, 0.1) is 15.7 Å². The van der Waals surface area contributed by atoms with Crippen molar-refractivity contribution in [3.63, 3.8) is 0 Å². The SMILES string of the molecule is Cc1cc(Cl)nc(NC(=O)c2cc(Cl)c(N)c(Cl)c2)n1. The summed E-state index contributed by atoms with van der Waals surface area (Å²) in [4.78, 5) is 20.0. The third-order valence-corrected chi connectivity index (χ3v) is 3.21. The zero-order chi connectivity index (χ0) is 14.9. The number of aryl methyl sites for hydroxylation is 1. The van der Waals surface area contributed by atoms with Crippen LogP contribution in [0.5, 0.6) is 0 Å². The van der Waals surface area contributed by atoms with Crippen molar-refractivity contribution in [2.45, 2.75) is 6.92 Å². The number of nitrogen functional groups attached to an aromatic ring is 1. The van der Waals surface area contributed by atoms with Crippen molar-refractivity contribution in [2.75, 3.05) is 11.1 Å². The molecule has 0 spiro atoms. The molecule has 3 N–H and O–H groups in total. The molecule has 0 aliphatic carbocycles. The van der Waals surface area contributed by atoms with Gasteiger partial charge in [0.2, 0.25) is 5.95 Å². The van der Waals surface area contributed by atoms with E-state index >= 15 is 0 Å². The fraction of sp³-hybridized carbons (Fsp3) is 0.0833. The molecule has 1 amide bonds. The number of anilines is 2. The summed E-state index contributed by atoms with van der Waals surface area (Å²) in [6.45, 7) is 1.74. The molecule has 20 heavy (non-hydrogen) atoms. The van der Waals surface area contributed by atoms with Gasteiger partial charge in [-0.1, -0.05) is 34.8 Å². The molecule has 2 rings (SSSR count). The van der Waals surface area contributed by atoms with Crippen LogP contribution in [0.4, 0.5) is 11.6 Å². The molecule has 0 saturated heterocycles. The first-order valence-corrected chi connectivity index (χ1v) is 6.57. The highest BCUT2D eigenvalue weighted by molar-refractivity contribution is 6.39. The third kappa shape index (κ3) is 3.30. The Hall–Kier alpha value is -1.56. The largest absolute Gasteiger partial charge is 0.396 e. The standard InChI is InChI=1S/C12H9Cl3N4O/c1-5-2-9(15)18-12(17-5)19-11(20)6-3-7(13)10(16)8(14)4-6/h2-4H,16H2,1H3,(H,17,18,19,20). The summed E-state index contributed by atoms with van der Waals surface area (Å²) >= 11 is 17.5. The Balaban J connectivity index is 2.28. The van der Waals surface area contributed by atoms with Gasteiger partial charge in [-0.2, -0.15) is 0 Å². The maximum atomic E-state index is 12.1. The second-order valence-electron chi connectivity index (χ2n) is 3.96. The van der Waals surface area contributed by atoms with Crippen molar-refractivity contribution >= 4 is 52.3 Å². The number of carbonyl (C=O) groups is 1. The van der Waals surface area contributed by atoms with Crippen LogP contribution in [0, 0.1) is 6.92 Å². The van der Waals surface area contributed by atoms with E-state index in [1.54, 1.807) is 13.0 Å². The molecular weight excluding hydrogens is 323 g/mol. The topological polar surface area (TPSA) is 80.9 Å². The van der Waals surface area contributed by atoms with Crippen molar-refractivity contribution in [3.8, 4) is 0 Å². The van der Waals surface area contributed by atoms with Gasteiger partial charge in [-0.25, -0.2) is 9.97 Å². The monoisotopic (exact) mass is 330 g/mol. The molecule has 1 heterocycles. The Bertz CT molecular complexity index is 647. The smallest absolute Gasteiger partial charge is 0.258 e. The fourth-order valence-electron chi connectivity index (χ4n) is 1.48. The summed E-state index contributed by atoms with van der Waals surface area (Å²) in [6.07, 6.45) is 0. The first-order chi connectivity index (χ1) is 9.36. The molecule has 1 aromatic carbocycles.